The van der Waals surface area contributed by atoms with Gasteiger partial charge >= 0.3 is 0 Å². The molecule has 1 aliphatic rings. The number of hydrogen-bond donors (Lipinski definition) is 3. The van der Waals surface area contributed by atoms with Gasteiger partial charge in [0.15, 0.2) is 0 Å². The van der Waals surface area contributed by atoms with Gasteiger partial charge in [-0.3, -0.25) is 4.79 Å². The maximum Gasteiger partial charge on any atom is 0.251 e. The summed E-state index contributed by atoms with van der Waals surface area (Å²) in [6.07, 6.45) is 2.21. The van der Waals surface area contributed by atoms with Crippen molar-refractivity contribution in [1.29, 1.82) is 0 Å². The molecule has 1 fully saturated rings. The third kappa shape index (κ3) is 4.53. The summed E-state index contributed by atoms with van der Waals surface area (Å²) in [5.41, 5.74) is -0.724. The van der Waals surface area contributed by atoms with Gasteiger partial charge in [0.2, 0.25) is 10.0 Å². The molecule has 0 spiro atoms. The van der Waals surface area contributed by atoms with Crippen molar-refractivity contribution in [2.24, 2.45) is 0 Å². The predicted molar refractivity (Wildman–Crippen MR) is 83.0 cm³/mol. The molecule has 1 saturated carbocycles. The van der Waals surface area contributed by atoms with E-state index in [9.17, 15) is 18.3 Å². The molecule has 0 radical (unpaired) electrons. The first-order valence-electron chi connectivity index (χ1n) is 7.36. The Morgan fingerprint density at radius 1 is 1.41 bits per heavy atom. The summed E-state index contributed by atoms with van der Waals surface area (Å²) in [6.45, 7) is 3.57. The fourth-order valence-electron chi connectivity index (χ4n) is 1.79. The van der Waals surface area contributed by atoms with Gasteiger partial charge in [-0.25, -0.2) is 13.1 Å². The molecule has 7 heteroatoms. The highest BCUT2D eigenvalue weighted by molar-refractivity contribution is 7.89. The highest BCUT2D eigenvalue weighted by atomic mass is 32.2. The van der Waals surface area contributed by atoms with E-state index in [0.29, 0.717) is 6.42 Å². The number of hydrogen-bond acceptors (Lipinski definition) is 4. The van der Waals surface area contributed by atoms with Crippen LogP contribution in [0.4, 0.5) is 0 Å². The normalized spacial score (nSPS) is 17.8. The molecule has 1 atom stereocenters. The first-order chi connectivity index (χ1) is 10.2. The van der Waals surface area contributed by atoms with Crippen LogP contribution >= 0.6 is 0 Å². The second kappa shape index (κ2) is 6.36. The minimum Gasteiger partial charge on any atom is -0.388 e. The van der Waals surface area contributed by atoms with E-state index in [-0.39, 0.29) is 23.0 Å². The van der Waals surface area contributed by atoms with Gasteiger partial charge in [0.05, 0.1) is 10.5 Å². The largest absolute Gasteiger partial charge is 0.388 e. The zero-order valence-corrected chi connectivity index (χ0v) is 13.6. The van der Waals surface area contributed by atoms with Gasteiger partial charge in [-0.05, 0) is 44.4 Å². The number of benzene rings is 1. The zero-order chi connectivity index (χ0) is 16.4. The van der Waals surface area contributed by atoms with Crippen LogP contribution in [-0.4, -0.2) is 37.6 Å². The van der Waals surface area contributed by atoms with Crippen LogP contribution in [0.15, 0.2) is 29.2 Å². The second-order valence-corrected chi connectivity index (χ2v) is 7.67. The van der Waals surface area contributed by atoms with Crippen LogP contribution in [0.2, 0.25) is 0 Å². The molecule has 1 amide bonds. The van der Waals surface area contributed by atoms with Crippen molar-refractivity contribution in [3.8, 4) is 0 Å². The smallest absolute Gasteiger partial charge is 0.251 e. The van der Waals surface area contributed by atoms with E-state index in [4.69, 9.17) is 0 Å². The summed E-state index contributed by atoms with van der Waals surface area (Å²) < 4.78 is 26.9. The summed E-state index contributed by atoms with van der Waals surface area (Å²) in [7, 11) is -3.58. The molecule has 22 heavy (non-hydrogen) atoms. The molecular formula is C15H22N2O4S. The van der Waals surface area contributed by atoms with Crippen molar-refractivity contribution < 1.29 is 18.3 Å². The fourth-order valence-corrected chi connectivity index (χ4v) is 3.14. The Bertz CT molecular complexity index is 651. The Balaban J connectivity index is 2.09. The molecule has 6 nitrogen and oxygen atoms in total. The van der Waals surface area contributed by atoms with Gasteiger partial charge < -0.3 is 10.4 Å². The van der Waals surface area contributed by atoms with Gasteiger partial charge in [0, 0.05) is 18.2 Å². The minimum atomic E-state index is -3.58. The number of nitrogens with one attached hydrogen (secondary N) is 2. The molecule has 0 bridgehead atoms. The second-order valence-electron chi connectivity index (χ2n) is 5.96. The third-order valence-electron chi connectivity index (χ3n) is 3.70. The van der Waals surface area contributed by atoms with Crippen LogP contribution in [0.5, 0.6) is 0 Å². The zero-order valence-electron chi connectivity index (χ0n) is 12.8. The molecule has 0 heterocycles. The molecule has 0 saturated heterocycles. The van der Waals surface area contributed by atoms with Crippen LogP contribution < -0.4 is 10.0 Å². The van der Waals surface area contributed by atoms with Crippen molar-refractivity contribution in [2.75, 3.05) is 6.54 Å². The maximum atomic E-state index is 12.1. The first-order valence-corrected chi connectivity index (χ1v) is 8.85. The lowest BCUT2D eigenvalue weighted by atomic mass is 10.0. The number of sulfonamides is 1. The average molecular weight is 326 g/mol. The van der Waals surface area contributed by atoms with E-state index in [2.05, 4.69) is 10.0 Å². The maximum absolute atomic E-state index is 12.1. The van der Waals surface area contributed by atoms with Gasteiger partial charge in [-0.1, -0.05) is 13.0 Å². The molecule has 1 aliphatic carbocycles. The van der Waals surface area contributed by atoms with Crippen LogP contribution in [0.25, 0.3) is 0 Å². The van der Waals surface area contributed by atoms with Gasteiger partial charge in [-0.15, -0.1) is 0 Å². The number of carbonyl (C=O) groups is 1. The summed E-state index contributed by atoms with van der Waals surface area (Å²) in [6, 6.07) is 5.91. The van der Waals surface area contributed by atoms with E-state index in [1.807, 2.05) is 6.92 Å². The average Bonchev–Trinajstić information content (AvgIpc) is 3.28. The predicted octanol–water partition coefficient (Wildman–Crippen LogP) is 1.02. The first kappa shape index (κ1) is 16.9. The van der Waals surface area contributed by atoms with Crippen molar-refractivity contribution in [3.05, 3.63) is 29.8 Å². The van der Waals surface area contributed by atoms with E-state index >= 15 is 0 Å². The van der Waals surface area contributed by atoms with Crippen LogP contribution in [0.1, 0.15) is 43.5 Å². The Hall–Kier alpha value is -1.44. The summed E-state index contributed by atoms with van der Waals surface area (Å²) in [5, 5.41) is 12.5. The number of aliphatic hydroxyl groups is 1. The highest BCUT2D eigenvalue weighted by Crippen LogP contribution is 2.22. The summed E-state index contributed by atoms with van der Waals surface area (Å²) in [4.78, 5) is 12.2. The fraction of sp³-hybridized carbons (Fsp3) is 0.533. The van der Waals surface area contributed by atoms with E-state index in [1.54, 1.807) is 13.0 Å². The van der Waals surface area contributed by atoms with Gasteiger partial charge in [0.25, 0.3) is 5.91 Å². The Kier molecular flexibility index (Phi) is 4.89. The lowest BCUT2D eigenvalue weighted by Crippen LogP contribution is -2.40. The van der Waals surface area contributed by atoms with Crippen molar-refractivity contribution in [3.63, 3.8) is 0 Å². The van der Waals surface area contributed by atoms with Gasteiger partial charge in [-0.2, -0.15) is 0 Å². The highest BCUT2D eigenvalue weighted by Gasteiger charge is 2.28. The molecule has 0 aliphatic heterocycles. The molecule has 0 unspecified atom stereocenters. The Morgan fingerprint density at radius 2 is 2.09 bits per heavy atom. The molecule has 122 valence electrons. The SMILES string of the molecule is CC[C@](C)(O)CNC(=O)c1cccc(S(=O)(=O)NC2CC2)c1. The van der Waals surface area contributed by atoms with E-state index in [1.165, 1.54) is 18.2 Å². The monoisotopic (exact) mass is 326 g/mol. The van der Waals surface area contributed by atoms with Gasteiger partial charge in [0.1, 0.15) is 0 Å². The Labute approximate surface area is 131 Å². The lowest BCUT2D eigenvalue weighted by Gasteiger charge is -2.21. The Morgan fingerprint density at radius 3 is 2.68 bits per heavy atom. The molecular weight excluding hydrogens is 304 g/mol. The van der Waals surface area contributed by atoms with Crippen LogP contribution in [-0.2, 0) is 10.0 Å². The lowest BCUT2D eigenvalue weighted by molar-refractivity contribution is 0.0518. The topological polar surface area (TPSA) is 95.5 Å². The van der Waals surface area contributed by atoms with Crippen molar-refractivity contribution in [2.45, 2.75) is 49.6 Å². The quantitative estimate of drug-likeness (QED) is 0.697. The molecule has 1 aromatic carbocycles. The summed E-state index contributed by atoms with van der Waals surface area (Å²) >= 11 is 0. The molecule has 3 N–H and O–H groups in total. The van der Waals surface area contributed by atoms with E-state index < -0.39 is 21.5 Å². The number of amides is 1. The number of carbonyl (C=O) groups excluding carboxylic acids is 1. The van der Waals surface area contributed by atoms with Crippen LogP contribution in [0.3, 0.4) is 0 Å². The van der Waals surface area contributed by atoms with Crippen molar-refractivity contribution >= 4 is 15.9 Å². The molecule has 2 rings (SSSR count). The minimum absolute atomic E-state index is 0.0159. The van der Waals surface area contributed by atoms with Crippen molar-refractivity contribution in [1.82, 2.24) is 10.0 Å². The third-order valence-corrected chi connectivity index (χ3v) is 5.22. The standard InChI is InChI=1S/C15H22N2O4S/c1-3-15(2,19)10-16-14(18)11-5-4-6-13(9-11)22(20,21)17-12-7-8-12/h4-6,9,12,17,19H,3,7-8,10H2,1-2H3,(H,16,18)/t15-/m0/s1. The number of rotatable bonds is 7. The molecule has 0 aromatic heterocycles. The summed E-state index contributed by atoms with van der Waals surface area (Å²) in [5.74, 6) is -0.405. The van der Waals surface area contributed by atoms with Crippen LogP contribution in [0, 0.1) is 0 Å². The van der Waals surface area contributed by atoms with E-state index in [0.717, 1.165) is 12.8 Å². The molecule has 1 aromatic rings.